The minimum Gasteiger partial charge on any atom is -0.382 e. The quantitative estimate of drug-likeness (QED) is 0.651. The van der Waals surface area contributed by atoms with Gasteiger partial charge in [-0.25, -0.2) is 0 Å². The number of H-pyrrole nitrogens is 1. The van der Waals surface area contributed by atoms with Crippen molar-refractivity contribution in [2.24, 2.45) is 0 Å². The van der Waals surface area contributed by atoms with Crippen molar-refractivity contribution in [1.29, 1.82) is 0 Å². The molecule has 0 aromatic carbocycles. The van der Waals surface area contributed by atoms with Crippen LogP contribution >= 0.6 is 0 Å². The van der Waals surface area contributed by atoms with Crippen LogP contribution in [0, 0.1) is 0 Å². The third kappa shape index (κ3) is 3.89. The number of aromatic nitrogens is 2. The van der Waals surface area contributed by atoms with Crippen LogP contribution in [0.3, 0.4) is 0 Å². The Morgan fingerprint density at radius 2 is 2.50 bits per heavy atom. The SMILES string of the molecule is CCOCCCNC(C)c1ccn[nH]1. The molecule has 14 heavy (non-hydrogen) atoms. The summed E-state index contributed by atoms with van der Waals surface area (Å²) >= 11 is 0. The van der Waals surface area contributed by atoms with Gasteiger partial charge in [0.05, 0.1) is 5.69 Å². The molecule has 4 nitrogen and oxygen atoms in total. The number of aromatic amines is 1. The second kappa shape index (κ2) is 6.56. The summed E-state index contributed by atoms with van der Waals surface area (Å²) < 4.78 is 5.25. The number of nitrogens with one attached hydrogen (secondary N) is 2. The van der Waals surface area contributed by atoms with E-state index in [1.807, 2.05) is 13.0 Å². The molecule has 1 heterocycles. The second-order valence-electron chi connectivity index (χ2n) is 3.24. The number of ether oxygens (including phenoxy) is 1. The van der Waals surface area contributed by atoms with E-state index in [0.717, 1.165) is 31.9 Å². The predicted octanol–water partition coefficient (Wildman–Crippen LogP) is 1.49. The molecule has 1 atom stereocenters. The predicted molar refractivity (Wildman–Crippen MR) is 56.1 cm³/mol. The van der Waals surface area contributed by atoms with Crippen molar-refractivity contribution in [3.63, 3.8) is 0 Å². The highest BCUT2D eigenvalue weighted by molar-refractivity contribution is 5.02. The van der Waals surface area contributed by atoms with Crippen LogP contribution in [-0.2, 0) is 4.74 Å². The molecule has 0 aliphatic carbocycles. The highest BCUT2D eigenvalue weighted by Gasteiger charge is 2.04. The van der Waals surface area contributed by atoms with Crippen molar-refractivity contribution in [1.82, 2.24) is 15.5 Å². The zero-order chi connectivity index (χ0) is 10.2. The lowest BCUT2D eigenvalue weighted by atomic mass is 10.2. The van der Waals surface area contributed by atoms with Gasteiger partial charge in [-0.15, -0.1) is 0 Å². The first-order chi connectivity index (χ1) is 6.84. The van der Waals surface area contributed by atoms with E-state index < -0.39 is 0 Å². The van der Waals surface area contributed by atoms with E-state index in [1.54, 1.807) is 6.20 Å². The Labute approximate surface area is 85.0 Å². The van der Waals surface area contributed by atoms with Gasteiger partial charge in [0.25, 0.3) is 0 Å². The zero-order valence-corrected chi connectivity index (χ0v) is 8.92. The molecule has 0 amide bonds. The Bertz CT molecular complexity index is 223. The maximum atomic E-state index is 5.25. The molecule has 0 saturated heterocycles. The van der Waals surface area contributed by atoms with Crippen molar-refractivity contribution >= 4 is 0 Å². The molecule has 1 unspecified atom stereocenters. The first-order valence-electron chi connectivity index (χ1n) is 5.15. The van der Waals surface area contributed by atoms with Crippen molar-refractivity contribution in [3.05, 3.63) is 18.0 Å². The molecule has 1 rings (SSSR count). The van der Waals surface area contributed by atoms with Crippen LogP contribution in [-0.4, -0.2) is 30.0 Å². The van der Waals surface area contributed by atoms with Gasteiger partial charge in [-0.1, -0.05) is 0 Å². The average molecular weight is 197 g/mol. The standard InChI is InChI=1S/C10H19N3O/c1-3-14-8-4-6-11-9(2)10-5-7-12-13-10/h5,7,9,11H,3-4,6,8H2,1-2H3,(H,12,13). The maximum absolute atomic E-state index is 5.25. The molecule has 0 fully saturated rings. The van der Waals surface area contributed by atoms with Gasteiger partial charge in [0, 0.05) is 25.5 Å². The van der Waals surface area contributed by atoms with Crippen LogP contribution in [0.4, 0.5) is 0 Å². The Kier molecular flexibility index (Phi) is 5.25. The molecule has 1 aromatic heterocycles. The summed E-state index contributed by atoms with van der Waals surface area (Å²) in [5.41, 5.74) is 1.13. The fourth-order valence-corrected chi connectivity index (χ4v) is 1.25. The van der Waals surface area contributed by atoms with E-state index in [2.05, 4.69) is 22.4 Å². The van der Waals surface area contributed by atoms with E-state index in [1.165, 1.54) is 0 Å². The summed E-state index contributed by atoms with van der Waals surface area (Å²) in [6.45, 7) is 6.74. The highest BCUT2D eigenvalue weighted by atomic mass is 16.5. The Morgan fingerprint density at radius 3 is 3.14 bits per heavy atom. The molecule has 80 valence electrons. The molecule has 0 saturated carbocycles. The number of rotatable bonds is 7. The lowest BCUT2D eigenvalue weighted by Gasteiger charge is -2.11. The van der Waals surface area contributed by atoms with E-state index in [0.29, 0.717) is 6.04 Å². The van der Waals surface area contributed by atoms with E-state index >= 15 is 0 Å². The normalized spacial score (nSPS) is 13.0. The van der Waals surface area contributed by atoms with Gasteiger partial charge in [-0.3, -0.25) is 5.10 Å². The van der Waals surface area contributed by atoms with Crippen LogP contribution in [0.2, 0.25) is 0 Å². The van der Waals surface area contributed by atoms with Gasteiger partial charge in [0.2, 0.25) is 0 Å². The van der Waals surface area contributed by atoms with Crippen molar-refractivity contribution in [3.8, 4) is 0 Å². The highest BCUT2D eigenvalue weighted by Crippen LogP contribution is 2.06. The van der Waals surface area contributed by atoms with Crippen LogP contribution in [0.1, 0.15) is 32.0 Å². The summed E-state index contributed by atoms with van der Waals surface area (Å²) in [6, 6.07) is 2.32. The molecule has 0 spiro atoms. The van der Waals surface area contributed by atoms with Gasteiger partial charge in [0.1, 0.15) is 0 Å². The van der Waals surface area contributed by atoms with Crippen molar-refractivity contribution in [2.75, 3.05) is 19.8 Å². The Morgan fingerprint density at radius 1 is 1.64 bits per heavy atom. The van der Waals surface area contributed by atoms with E-state index in [9.17, 15) is 0 Å². The molecule has 0 radical (unpaired) electrons. The fraction of sp³-hybridized carbons (Fsp3) is 0.700. The smallest absolute Gasteiger partial charge is 0.0518 e. The monoisotopic (exact) mass is 197 g/mol. The molecule has 2 N–H and O–H groups in total. The molecule has 0 bridgehead atoms. The minimum atomic E-state index is 0.333. The molecule has 4 heteroatoms. The van der Waals surface area contributed by atoms with Crippen LogP contribution in [0.5, 0.6) is 0 Å². The van der Waals surface area contributed by atoms with Gasteiger partial charge < -0.3 is 10.1 Å². The van der Waals surface area contributed by atoms with Gasteiger partial charge in [-0.05, 0) is 32.9 Å². The first kappa shape index (κ1) is 11.2. The average Bonchev–Trinajstić information content (AvgIpc) is 2.70. The summed E-state index contributed by atoms with van der Waals surface area (Å²) in [5.74, 6) is 0. The minimum absolute atomic E-state index is 0.333. The topological polar surface area (TPSA) is 49.9 Å². The lowest BCUT2D eigenvalue weighted by Crippen LogP contribution is -2.21. The second-order valence-corrected chi connectivity index (χ2v) is 3.24. The van der Waals surface area contributed by atoms with Crippen LogP contribution in [0.25, 0.3) is 0 Å². The summed E-state index contributed by atoms with van der Waals surface area (Å²) in [4.78, 5) is 0. The third-order valence-electron chi connectivity index (χ3n) is 2.11. The largest absolute Gasteiger partial charge is 0.382 e. The number of hydrogen-bond acceptors (Lipinski definition) is 3. The van der Waals surface area contributed by atoms with Crippen LogP contribution < -0.4 is 5.32 Å². The summed E-state index contributed by atoms with van der Waals surface area (Å²) in [6.07, 6.45) is 2.82. The molecule has 0 aliphatic rings. The fourth-order valence-electron chi connectivity index (χ4n) is 1.25. The Hall–Kier alpha value is -0.870. The third-order valence-corrected chi connectivity index (χ3v) is 2.11. The summed E-state index contributed by atoms with van der Waals surface area (Å²) in [5, 5.41) is 10.2. The molecular weight excluding hydrogens is 178 g/mol. The number of hydrogen-bond donors (Lipinski definition) is 2. The van der Waals surface area contributed by atoms with Crippen LogP contribution in [0.15, 0.2) is 12.3 Å². The van der Waals surface area contributed by atoms with Gasteiger partial charge >= 0.3 is 0 Å². The molecular formula is C10H19N3O. The number of nitrogens with zero attached hydrogens (tertiary/aromatic N) is 1. The zero-order valence-electron chi connectivity index (χ0n) is 8.92. The van der Waals surface area contributed by atoms with Gasteiger partial charge in [0.15, 0.2) is 0 Å². The molecule has 0 aliphatic heterocycles. The maximum Gasteiger partial charge on any atom is 0.0518 e. The Balaban J connectivity index is 2.07. The van der Waals surface area contributed by atoms with E-state index in [-0.39, 0.29) is 0 Å². The van der Waals surface area contributed by atoms with Crippen molar-refractivity contribution in [2.45, 2.75) is 26.3 Å². The first-order valence-corrected chi connectivity index (χ1v) is 5.15. The summed E-state index contributed by atoms with van der Waals surface area (Å²) in [7, 11) is 0. The molecule has 1 aromatic rings. The van der Waals surface area contributed by atoms with Gasteiger partial charge in [-0.2, -0.15) is 5.10 Å². The van der Waals surface area contributed by atoms with E-state index in [4.69, 9.17) is 4.74 Å². The lowest BCUT2D eigenvalue weighted by molar-refractivity contribution is 0.144. The van der Waals surface area contributed by atoms with Crippen molar-refractivity contribution < 1.29 is 4.74 Å².